The number of alkyl carbamates (subject to hydrolysis) is 1. The number of nitrogens with one attached hydrogen (secondary N) is 4. The van der Waals surface area contributed by atoms with Gasteiger partial charge in [0.25, 0.3) is 0 Å². The van der Waals surface area contributed by atoms with Crippen LogP contribution in [0.15, 0.2) is 103 Å². The van der Waals surface area contributed by atoms with Gasteiger partial charge in [0.2, 0.25) is 5.91 Å². The average Bonchev–Trinajstić information content (AvgIpc) is 3.09. The van der Waals surface area contributed by atoms with Crippen molar-refractivity contribution in [3.05, 3.63) is 131 Å². The molecule has 0 saturated carbocycles. The summed E-state index contributed by atoms with van der Waals surface area (Å²) in [5.41, 5.74) is 4.16. The highest BCUT2D eigenvalue weighted by atomic mass is 16.5. The fraction of sp³-hybridized carbons (Fsp3) is 0.342. The molecule has 4 rings (SSSR count). The molecule has 11 heteroatoms. The number of aryl methyl sites for hydroxylation is 1. The lowest BCUT2D eigenvalue weighted by molar-refractivity contribution is -0.124. The van der Waals surface area contributed by atoms with Gasteiger partial charge in [0.15, 0.2) is 0 Å². The largest absolute Gasteiger partial charge is 0.445 e. The predicted octanol–water partition coefficient (Wildman–Crippen LogP) is 4.63. The van der Waals surface area contributed by atoms with E-state index in [1.165, 1.54) is 0 Å². The van der Waals surface area contributed by atoms with Crippen LogP contribution in [-0.4, -0.2) is 57.3 Å². The number of hydrogen-bond donors (Lipinski definition) is 5. The smallest absolute Gasteiger partial charge is 0.407 e. The Bertz CT molecular complexity index is 1610. The fourth-order valence-corrected chi connectivity index (χ4v) is 5.41. The first-order chi connectivity index (χ1) is 23.7. The summed E-state index contributed by atoms with van der Waals surface area (Å²) in [4.78, 5) is 48.0. The SMILES string of the molecule is Cc1cccc(CNC(=O)N[C@H](C(=O)N[C@@H](Cc2ccccc2)C[C@H](O)[C@H](Cc2ccccc2)NC(=O)OCc2cccnc2)C(C)C)n1. The van der Waals surface area contributed by atoms with E-state index in [-0.39, 0.29) is 31.4 Å². The number of urea groups is 1. The zero-order valence-electron chi connectivity index (χ0n) is 28.2. The summed E-state index contributed by atoms with van der Waals surface area (Å²) >= 11 is 0. The molecular formula is C38H46N6O5. The van der Waals surface area contributed by atoms with Crippen LogP contribution in [-0.2, 0) is 35.5 Å². The van der Waals surface area contributed by atoms with E-state index in [1.807, 2.05) is 99.6 Å². The molecule has 11 nitrogen and oxygen atoms in total. The molecule has 2 aromatic carbocycles. The molecule has 258 valence electrons. The van der Waals surface area contributed by atoms with Crippen molar-refractivity contribution in [2.45, 2.75) is 77.4 Å². The number of carbonyl (C=O) groups is 3. The van der Waals surface area contributed by atoms with Crippen molar-refractivity contribution in [1.82, 2.24) is 31.2 Å². The lowest BCUT2D eigenvalue weighted by atomic mass is 9.93. The van der Waals surface area contributed by atoms with E-state index in [0.29, 0.717) is 18.5 Å². The Morgan fingerprint density at radius 2 is 1.47 bits per heavy atom. The minimum absolute atomic E-state index is 0.0270. The molecule has 0 aliphatic rings. The van der Waals surface area contributed by atoms with Gasteiger partial charge < -0.3 is 31.1 Å². The highest BCUT2D eigenvalue weighted by Gasteiger charge is 2.30. The van der Waals surface area contributed by atoms with E-state index in [9.17, 15) is 19.5 Å². The van der Waals surface area contributed by atoms with Crippen molar-refractivity contribution in [3.63, 3.8) is 0 Å². The number of ether oxygens (including phenoxy) is 1. The lowest BCUT2D eigenvalue weighted by Crippen LogP contribution is -2.55. The maximum absolute atomic E-state index is 13.7. The maximum atomic E-state index is 13.7. The van der Waals surface area contributed by atoms with Gasteiger partial charge in [0.1, 0.15) is 12.6 Å². The first kappa shape index (κ1) is 36.5. The second-order valence-electron chi connectivity index (χ2n) is 12.4. The molecule has 0 spiro atoms. The maximum Gasteiger partial charge on any atom is 0.407 e. The first-order valence-corrected chi connectivity index (χ1v) is 16.5. The molecule has 0 radical (unpaired) electrons. The highest BCUT2D eigenvalue weighted by Crippen LogP contribution is 2.15. The molecule has 0 aliphatic heterocycles. The molecule has 5 N–H and O–H groups in total. The zero-order chi connectivity index (χ0) is 35.0. The fourth-order valence-electron chi connectivity index (χ4n) is 5.41. The van der Waals surface area contributed by atoms with Gasteiger partial charge in [-0.15, -0.1) is 0 Å². The lowest BCUT2D eigenvalue weighted by Gasteiger charge is -2.30. The van der Waals surface area contributed by atoms with Gasteiger partial charge in [0.05, 0.1) is 24.4 Å². The third kappa shape index (κ3) is 12.7. The first-order valence-electron chi connectivity index (χ1n) is 16.5. The van der Waals surface area contributed by atoms with Gasteiger partial charge in [-0.1, -0.05) is 86.6 Å². The number of nitrogens with zero attached hydrogens (tertiary/aromatic N) is 2. The third-order valence-electron chi connectivity index (χ3n) is 7.97. The van der Waals surface area contributed by atoms with Crippen LogP contribution >= 0.6 is 0 Å². The zero-order valence-corrected chi connectivity index (χ0v) is 28.2. The van der Waals surface area contributed by atoms with Crippen LogP contribution in [0.2, 0.25) is 0 Å². The van der Waals surface area contributed by atoms with Crippen molar-refractivity contribution >= 4 is 18.0 Å². The van der Waals surface area contributed by atoms with Gasteiger partial charge >= 0.3 is 12.1 Å². The number of hydrogen-bond acceptors (Lipinski definition) is 7. The van der Waals surface area contributed by atoms with E-state index in [2.05, 4.69) is 31.2 Å². The summed E-state index contributed by atoms with van der Waals surface area (Å²) < 4.78 is 5.44. The second kappa shape index (κ2) is 18.9. The van der Waals surface area contributed by atoms with Crippen LogP contribution in [0.3, 0.4) is 0 Å². The van der Waals surface area contributed by atoms with Crippen molar-refractivity contribution < 1.29 is 24.2 Å². The Kier molecular flexibility index (Phi) is 14.1. The third-order valence-corrected chi connectivity index (χ3v) is 7.97. The Balaban J connectivity index is 1.46. The van der Waals surface area contributed by atoms with Crippen LogP contribution < -0.4 is 21.3 Å². The van der Waals surface area contributed by atoms with Crippen LogP contribution in [0.4, 0.5) is 9.59 Å². The van der Waals surface area contributed by atoms with Crippen molar-refractivity contribution in [2.75, 3.05) is 0 Å². The molecule has 2 heterocycles. The summed E-state index contributed by atoms with van der Waals surface area (Å²) in [5.74, 6) is -0.609. The molecule has 0 fully saturated rings. The minimum atomic E-state index is -1.06. The molecular weight excluding hydrogens is 620 g/mol. The number of amides is 4. The molecule has 0 aliphatic carbocycles. The molecule has 4 aromatic rings. The number of aromatic nitrogens is 2. The number of aliphatic hydroxyl groups excluding tert-OH is 1. The number of pyridine rings is 2. The Hall–Kier alpha value is -5.29. The highest BCUT2D eigenvalue weighted by molar-refractivity contribution is 5.87. The Morgan fingerprint density at radius 1 is 0.796 bits per heavy atom. The molecule has 2 aromatic heterocycles. The van der Waals surface area contributed by atoms with Gasteiger partial charge in [-0.2, -0.15) is 0 Å². The molecule has 0 saturated heterocycles. The quantitative estimate of drug-likeness (QED) is 0.117. The van der Waals surface area contributed by atoms with Crippen LogP contribution in [0, 0.1) is 12.8 Å². The van der Waals surface area contributed by atoms with Gasteiger partial charge in [-0.25, -0.2) is 9.59 Å². The van der Waals surface area contributed by atoms with Crippen LogP contribution in [0.5, 0.6) is 0 Å². The molecule has 4 atom stereocenters. The van der Waals surface area contributed by atoms with E-state index < -0.39 is 36.4 Å². The van der Waals surface area contributed by atoms with E-state index in [1.54, 1.807) is 24.5 Å². The summed E-state index contributed by atoms with van der Waals surface area (Å²) in [6, 6.07) is 25.7. The molecule has 4 amide bonds. The van der Waals surface area contributed by atoms with E-state index >= 15 is 0 Å². The number of rotatable bonds is 16. The van der Waals surface area contributed by atoms with Crippen LogP contribution in [0.1, 0.15) is 48.3 Å². The average molecular weight is 667 g/mol. The summed E-state index contributed by atoms with van der Waals surface area (Å²) in [6.07, 6.45) is 2.39. The Morgan fingerprint density at radius 3 is 2.10 bits per heavy atom. The second-order valence-corrected chi connectivity index (χ2v) is 12.4. The monoisotopic (exact) mass is 666 g/mol. The van der Waals surface area contributed by atoms with Crippen molar-refractivity contribution in [2.24, 2.45) is 5.92 Å². The summed E-state index contributed by atoms with van der Waals surface area (Å²) in [7, 11) is 0. The van der Waals surface area contributed by atoms with E-state index in [0.717, 1.165) is 22.4 Å². The summed E-state index contributed by atoms with van der Waals surface area (Å²) in [5, 5.41) is 23.1. The van der Waals surface area contributed by atoms with E-state index in [4.69, 9.17) is 4.74 Å². The van der Waals surface area contributed by atoms with Gasteiger partial charge in [-0.3, -0.25) is 14.8 Å². The standard InChI is InChI=1S/C38H46N6O5/c1-26(2)35(44-37(47)40-24-31-18-10-12-27(3)41-31)36(46)42-32(20-28-13-6-4-7-14-28)22-34(45)33(21-29-15-8-5-9-16-29)43-38(48)49-25-30-17-11-19-39-23-30/h4-19,23,26,32-35,45H,20-22,24-25H2,1-3H3,(H,42,46)(H,43,48)(H2,40,44,47)/t32-,33-,34-,35-/m0/s1. The summed E-state index contributed by atoms with van der Waals surface area (Å²) in [6.45, 7) is 5.82. The van der Waals surface area contributed by atoms with Gasteiger partial charge in [0, 0.05) is 29.7 Å². The van der Waals surface area contributed by atoms with Gasteiger partial charge in [-0.05, 0) is 61.4 Å². The minimum Gasteiger partial charge on any atom is -0.445 e. The molecule has 49 heavy (non-hydrogen) atoms. The van der Waals surface area contributed by atoms with Crippen LogP contribution in [0.25, 0.3) is 0 Å². The predicted molar refractivity (Wildman–Crippen MR) is 187 cm³/mol. The number of benzene rings is 2. The number of carbonyl (C=O) groups excluding carboxylic acids is 3. The molecule has 0 unspecified atom stereocenters. The normalized spacial score (nSPS) is 13.4. The van der Waals surface area contributed by atoms with Crippen molar-refractivity contribution in [1.29, 1.82) is 0 Å². The topological polar surface area (TPSA) is 155 Å². The van der Waals surface area contributed by atoms with Crippen molar-refractivity contribution in [3.8, 4) is 0 Å². The Labute approximate surface area is 287 Å². The number of aliphatic hydroxyl groups is 1. The molecule has 0 bridgehead atoms.